The number of carbonyl (C=O) groups excluding carboxylic acids is 2. The third kappa shape index (κ3) is 5.81. The lowest BCUT2D eigenvalue weighted by Crippen LogP contribution is -2.23. The van der Waals surface area contributed by atoms with Crippen LogP contribution in [-0.2, 0) is 0 Å². The molecule has 0 spiro atoms. The highest BCUT2D eigenvalue weighted by molar-refractivity contribution is 14.1. The van der Waals surface area contributed by atoms with Crippen LogP contribution >= 0.6 is 34.2 Å². The second kappa shape index (κ2) is 10.8. The van der Waals surface area contributed by atoms with Crippen molar-refractivity contribution < 1.29 is 18.7 Å². The number of pyridine rings is 1. The molecule has 0 fully saturated rings. The van der Waals surface area contributed by atoms with Crippen LogP contribution in [0.4, 0.5) is 15.9 Å². The highest BCUT2D eigenvalue weighted by Crippen LogP contribution is 2.33. The van der Waals surface area contributed by atoms with E-state index in [-0.39, 0.29) is 33.4 Å². The minimum absolute atomic E-state index is 0.00413. The van der Waals surface area contributed by atoms with Gasteiger partial charge in [-0.2, -0.15) is 0 Å². The van der Waals surface area contributed by atoms with Crippen molar-refractivity contribution in [2.24, 2.45) is 0 Å². The summed E-state index contributed by atoms with van der Waals surface area (Å²) in [5.41, 5.74) is 0.0695. The van der Waals surface area contributed by atoms with E-state index in [0.29, 0.717) is 11.4 Å². The van der Waals surface area contributed by atoms with Gasteiger partial charge in [0.15, 0.2) is 0 Å². The lowest BCUT2D eigenvalue weighted by molar-refractivity contribution is 0.102. The van der Waals surface area contributed by atoms with Crippen molar-refractivity contribution in [3.63, 3.8) is 0 Å². The molecular formula is C23H20ClFIN5O3. The van der Waals surface area contributed by atoms with E-state index in [1.165, 1.54) is 36.3 Å². The van der Waals surface area contributed by atoms with E-state index in [1.807, 2.05) is 0 Å². The maximum absolute atomic E-state index is 14.7. The number of methoxy groups -OCH3 is 1. The smallest absolute Gasteiger partial charge is 0.259 e. The van der Waals surface area contributed by atoms with Crippen molar-refractivity contribution in [3.05, 3.63) is 79.8 Å². The molecule has 11 heteroatoms. The number of rotatable bonds is 6. The van der Waals surface area contributed by atoms with Crippen molar-refractivity contribution in [2.45, 2.75) is 0 Å². The third-order valence-corrected chi connectivity index (χ3v) is 5.53. The number of hydrogen-bond acceptors (Lipinski definition) is 5. The normalized spacial score (nSPS) is 10.4. The summed E-state index contributed by atoms with van der Waals surface area (Å²) >= 11 is 8.24. The number of ether oxygens (including phenoxy) is 1. The van der Waals surface area contributed by atoms with Gasteiger partial charge in [-0.25, -0.2) is 9.37 Å². The summed E-state index contributed by atoms with van der Waals surface area (Å²) in [5, 5.41) is 13.4. The lowest BCUT2D eigenvalue weighted by atomic mass is 10.1. The summed E-state index contributed by atoms with van der Waals surface area (Å²) in [6.45, 7) is 0. The predicted octanol–water partition coefficient (Wildman–Crippen LogP) is 4.88. The monoisotopic (exact) mass is 595 g/mol. The van der Waals surface area contributed by atoms with Gasteiger partial charge >= 0.3 is 0 Å². The van der Waals surface area contributed by atoms with Gasteiger partial charge in [0.2, 0.25) is 0 Å². The van der Waals surface area contributed by atoms with E-state index < -0.39 is 17.6 Å². The molecule has 0 saturated heterocycles. The zero-order valence-electron chi connectivity index (χ0n) is 18.4. The summed E-state index contributed by atoms with van der Waals surface area (Å²) in [5.74, 6) is -1.71. The Morgan fingerprint density at radius 3 is 2.38 bits per heavy atom. The van der Waals surface area contributed by atoms with E-state index in [9.17, 15) is 14.0 Å². The molecule has 176 valence electrons. The average Bonchev–Trinajstić information content (AvgIpc) is 2.80. The van der Waals surface area contributed by atoms with Crippen LogP contribution in [0.2, 0.25) is 5.02 Å². The number of aromatic nitrogens is 1. The van der Waals surface area contributed by atoms with Crippen molar-refractivity contribution in [1.82, 2.24) is 9.88 Å². The van der Waals surface area contributed by atoms with Crippen LogP contribution in [0.1, 0.15) is 26.3 Å². The topological polar surface area (TPSA) is 107 Å². The molecule has 3 N–H and O–H groups in total. The van der Waals surface area contributed by atoms with Crippen molar-refractivity contribution >= 4 is 63.3 Å². The van der Waals surface area contributed by atoms with Gasteiger partial charge in [-0.05, 0) is 52.9 Å². The van der Waals surface area contributed by atoms with Crippen molar-refractivity contribution in [2.75, 3.05) is 31.8 Å². The molecule has 0 saturated carbocycles. The maximum Gasteiger partial charge on any atom is 0.259 e. The first-order valence-corrected chi connectivity index (χ1v) is 11.2. The maximum atomic E-state index is 14.7. The number of carbonyl (C=O) groups is 2. The molecule has 0 unspecified atom stereocenters. The molecule has 34 heavy (non-hydrogen) atoms. The third-order valence-electron chi connectivity index (χ3n) is 4.67. The molecule has 0 radical (unpaired) electrons. The van der Waals surface area contributed by atoms with Crippen LogP contribution in [0.5, 0.6) is 5.75 Å². The molecule has 1 aromatic heterocycles. The van der Waals surface area contributed by atoms with Crippen LogP contribution in [0.3, 0.4) is 0 Å². The molecule has 1 heterocycles. The van der Waals surface area contributed by atoms with Crippen LogP contribution in [0.15, 0.2) is 48.7 Å². The Morgan fingerprint density at radius 2 is 1.79 bits per heavy atom. The minimum Gasteiger partial charge on any atom is -0.494 e. The van der Waals surface area contributed by atoms with Gasteiger partial charge in [-0.3, -0.25) is 15.0 Å². The predicted molar refractivity (Wildman–Crippen MR) is 138 cm³/mol. The number of amidine groups is 1. The molecule has 0 aliphatic rings. The van der Waals surface area contributed by atoms with E-state index >= 15 is 0 Å². The quantitative estimate of drug-likeness (QED) is 0.214. The fourth-order valence-electron chi connectivity index (χ4n) is 2.97. The molecule has 0 bridgehead atoms. The molecular weight excluding hydrogens is 576 g/mol. The zero-order chi connectivity index (χ0) is 25.0. The molecule has 0 atom stereocenters. The summed E-state index contributed by atoms with van der Waals surface area (Å²) < 4.78 is 20.9. The van der Waals surface area contributed by atoms with Crippen molar-refractivity contribution in [3.8, 4) is 5.75 Å². The molecule has 0 aliphatic heterocycles. The Labute approximate surface area is 214 Å². The number of halogens is 3. The number of hydrogen-bond donors (Lipinski definition) is 3. The molecule has 2 aromatic carbocycles. The van der Waals surface area contributed by atoms with Crippen molar-refractivity contribution in [1.29, 1.82) is 5.41 Å². The largest absolute Gasteiger partial charge is 0.494 e. The Kier molecular flexibility index (Phi) is 8.05. The van der Waals surface area contributed by atoms with Gasteiger partial charge in [-0.1, -0.05) is 17.7 Å². The first kappa shape index (κ1) is 25.4. The number of nitrogens with one attached hydrogen (secondary N) is 3. The van der Waals surface area contributed by atoms with Gasteiger partial charge in [0.1, 0.15) is 23.2 Å². The van der Waals surface area contributed by atoms with Gasteiger partial charge in [0.25, 0.3) is 11.8 Å². The Morgan fingerprint density at radius 1 is 1.09 bits per heavy atom. The van der Waals surface area contributed by atoms with E-state index in [0.717, 1.165) is 9.64 Å². The zero-order valence-corrected chi connectivity index (χ0v) is 21.3. The average molecular weight is 596 g/mol. The second-order valence-electron chi connectivity index (χ2n) is 7.24. The highest BCUT2D eigenvalue weighted by atomic mass is 127. The number of anilines is 2. The molecule has 2 amide bonds. The molecule has 8 nitrogen and oxygen atoms in total. The van der Waals surface area contributed by atoms with Crippen LogP contribution in [0.25, 0.3) is 0 Å². The van der Waals surface area contributed by atoms with E-state index in [1.54, 1.807) is 32.4 Å². The summed E-state index contributed by atoms with van der Waals surface area (Å²) in [4.78, 5) is 31.6. The van der Waals surface area contributed by atoms with Crippen LogP contribution < -0.4 is 15.4 Å². The Bertz CT molecular complexity index is 1270. The SMILES string of the molecule is COc1cc(Cl)cc(C(=O)Nc2ccc(I)cn2)c1NC(=O)c1ccc(C(=N)N(C)C)cc1F. The minimum atomic E-state index is -0.816. The number of nitrogens with zero attached hydrogens (tertiary/aromatic N) is 2. The highest BCUT2D eigenvalue weighted by Gasteiger charge is 2.22. The second-order valence-corrected chi connectivity index (χ2v) is 8.92. The van der Waals surface area contributed by atoms with Gasteiger partial charge in [-0.15, -0.1) is 0 Å². The molecule has 0 aliphatic carbocycles. The Hall–Kier alpha value is -3.25. The van der Waals surface area contributed by atoms with Gasteiger partial charge < -0.3 is 20.3 Å². The van der Waals surface area contributed by atoms with Crippen LogP contribution in [0, 0.1) is 14.8 Å². The summed E-state index contributed by atoms with van der Waals surface area (Å²) in [6.07, 6.45) is 1.58. The summed E-state index contributed by atoms with van der Waals surface area (Å²) in [6, 6.07) is 10.0. The fraction of sp³-hybridized carbons (Fsp3) is 0.130. The Balaban J connectivity index is 1.94. The lowest BCUT2D eigenvalue weighted by Gasteiger charge is -2.17. The number of benzene rings is 2. The summed E-state index contributed by atoms with van der Waals surface area (Å²) in [7, 11) is 4.67. The van der Waals surface area contributed by atoms with Gasteiger partial charge in [0, 0.05) is 40.5 Å². The fourth-order valence-corrected chi connectivity index (χ4v) is 3.50. The first-order valence-electron chi connectivity index (χ1n) is 9.78. The van der Waals surface area contributed by atoms with Gasteiger partial charge in [0.05, 0.1) is 23.9 Å². The van der Waals surface area contributed by atoms with E-state index in [4.69, 9.17) is 21.7 Å². The van der Waals surface area contributed by atoms with E-state index in [2.05, 4.69) is 38.2 Å². The molecule has 3 aromatic rings. The first-order chi connectivity index (χ1) is 16.1. The standard InChI is InChI=1S/C23H20ClFIN5O3/c1-31(2)21(27)12-4-6-15(17(25)8-12)22(32)30-20-16(9-13(24)10-18(20)34-3)23(33)29-19-7-5-14(26)11-28-19/h4-11,27H,1-3H3,(H,30,32)(H,28,29,33). The van der Waals surface area contributed by atoms with Crippen LogP contribution in [-0.4, -0.2) is 48.7 Å². The molecule has 3 rings (SSSR count). The number of amides is 2.